The van der Waals surface area contributed by atoms with Crippen LogP contribution in [0.2, 0.25) is 0 Å². The molecule has 0 fully saturated rings. The summed E-state index contributed by atoms with van der Waals surface area (Å²) in [6.07, 6.45) is 0. The second-order valence-corrected chi connectivity index (χ2v) is 7.38. The molecule has 146 valence electrons. The number of benzene rings is 2. The van der Waals surface area contributed by atoms with Gasteiger partial charge in [0.15, 0.2) is 22.5 Å². The molecule has 5 rings (SSSR count). The van der Waals surface area contributed by atoms with E-state index in [2.05, 4.69) is 20.2 Å². The average Bonchev–Trinajstić information content (AvgIpc) is 3.38. The van der Waals surface area contributed by atoms with E-state index in [0.29, 0.717) is 34.8 Å². The Morgan fingerprint density at radius 3 is 2.90 bits per heavy atom. The Morgan fingerprint density at radius 2 is 2.00 bits per heavy atom. The fourth-order valence-corrected chi connectivity index (χ4v) is 4.14. The van der Waals surface area contributed by atoms with Crippen LogP contribution in [0.3, 0.4) is 0 Å². The number of aromatic nitrogens is 5. The molecular formula is C20H17N5O3S. The van der Waals surface area contributed by atoms with Crippen molar-refractivity contribution in [2.45, 2.75) is 24.4 Å². The Balaban J connectivity index is 1.42. The van der Waals surface area contributed by atoms with Crippen molar-refractivity contribution in [1.82, 2.24) is 24.7 Å². The minimum Gasteiger partial charge on any atom is -0.454 e. The smallest absolute Gasteiger partial charge is 0.258 e. The third-order valence-electron chi connectivity index (χ3n) is 4.66. The van der Waals surface area contributed by atoms with Crippen molar-refractivity contribution < 1.29 is 9.47 Å². The van der Waals surface area contributed by atoms with Crippen LogP contribution in [0.5, 0.6) is 11.5 Å². The van der Waals surface area contributed by atoms with Gasteiger partial charge in [0.05, 0.1) is 16.7 Å². The molecule has 0 unspecified atom stereocenters. The van der Waals surface area contributed by atoms with Gasteiger partial charge in [-0.05, 0) is 37.3 Å². The number of H-pyrrole nitrogens is 1. The van der Waals surface area contributed by atoms with Crippen LogP contribution < -0.4 is 15.0 Å². The molecule has 2 aromatic carbocycles. The fraction of sp³-hybridized carbons (Fsp3) is 0.200. The molecule has 4 aromatic rings. The summed E-state index contributed by atoms with van der Waals surface area (Å²) in [6.45, 7) is 2.98. The molecule has 0 aliphatic carbocycles. The van der Waals surface area contributed by atoms with Crippen LogP contribution in [0.15, 0.2) is 52.4 Å². The van der Waals surface area contributed by atoms with Crippen molar-refractivity contribution in [3.05, 3.63) is 58.6 Å². The van der Waals surface area contributed by atoms with E-state index in [1.54, 1.807) is 6.07 Å². The van der Waals surface area contributed by atoms with E-state index in [1.807, 2.05) is 47.9 Å². The number of nitrogens with one attached hydrogen (secondary N) is 1. The van der Waals surface area contributed by atoms with Gasteiger partial charge in [-0.15, -0.1) is 10.2 Å². The summed E-state index contributed by atoms with van der Waals surface area (Å²) in [7, 11) is 0. The molecule has 9 heteroatoms. The van der Waals surface area contributed by atoms with Gasteiger partial charge in [0, 0.05) is 12.1 Å². The largest absolute Gasteiger partial charge is 0.454 e. The monoisotopic (exact) mass is 407 g/mol. The molecular weight excluding hydrogens is 390 g/mol. The lowest BCUT2D eigenvalue weighted by Crippen LogP contribution is -2.11. The predicted molar refractivity (Wildman–Crippen MR) is 109 cm³/mol. The van der Waals surface area contributed by atoms with Crippen molar-refractivity contribution in [3.63, 3.8) is 0 Å². The molecule has 1 aliphatic rings. The maximum atomic E-state index is 12.3. The Morgan fingerprint density at radius 1 is 1.14 bits per heavy atom. The first kappa shape index (κ1) is 17.7. The molecule has 0 radical (unpaired) electrons. The number of hydrogen-bond donors (Lipinski definition) is 1. The van der Waals surface area contributed by atoms with Gasteiger partial charge in [-0.3, -0.25) is 4.79 Å². The van der Waals surface area contributed by atoms with E-state index >= 15 is 0 Å². The number of rotatable bonds is 5. The van der Waals surface area contributed by atoms with E-state index in [-0.39, 0.29) is 12.4 Å². The van der Waals surface area contributed by atoms with Crippen LogP contribution in [-0.4, -0.2) is 31.5 Å². The van der Waals surface area contributed by atoms with Crippen molar-refractivity contribution in [3.8, 4) is 22.9 Å². The van der Waals surface area contributed by atoms with Gasteiger partial charge in [0.25, 0.3) is 5.56 Å². The number of thioether (sulfide) groups is 1. The summed E-state index contributed by atoms with van der Waals surface area (Å²) >= 11 is 1.48. The second-order valence-electron chi connectivity index (χ2n) is 6.44. The van der Waals surface area contributed by atoms with Gasteiger partial charge in [-0.1, -0.05) is 23.9 Å². The Hall–Kier alpha value is -3.33. The number of ether oxygens (including phenoxy) is 2. The summed E-state index contributed by atoms with van der Waals surface area (Å²) in [5, 5.41) is 10.1. The van der Waals surface area contributed by atoms with Crippen molar-refractivity contribution in [2.24, 2.45) is 0 Å². The van der Waals surface area contributed by atoms with E-state index in [0.717, 1.165) is 22.3 Å². The van der Waals surface area contributed by atoms with Crippen LogP contribution in [0.4, 0.5) is 0 Å². The SMILES string of the molecule is CCn1c(SCc2nc3ccccc3c(=O)[nH]2)nnc1-c1ccc2c(c1)OCO2. The van der Waals surface area contributed by atoms with Gasteiger partial charge < -0.3 is 19.0 Å². The van der Waals surface area contributed by atoms with Crippen LogP contribution in [0.1, 0.15) is 12.7 Å². The Kier molecular flexibility index (Phi) is 4.44. The number of nitrogens with zero attached hydrogens (tertiary/aromatic N) is 4. The molecule has 0 spiro atoms. The zero-order chi connectivity index (χ0) is 19.8. The zero-order valence-corrected chi connectivity index (χ0v) is 16.4. The molecule has 0 atom stereocenters. The lowest BCUT2D eigenvalue weighted by Gasteiger charge is -2.08. The Bertz CT molecular complexity index is 1270. The third-order valence-corrected chi connectivity index (χ3v) is 5.64. The topological polar surface area (TPSA) is 94.9 Å². The van der Waals surface area contributed by atoms with Gasteiger partial charge in [-0.25, -0.2) is 4.98 Å². The number of para-hydroxylation sites is 1. The molecule has 0 saturated heterocycles. The highest BCUT2D eigenvalue weighted by atomic mass is 32.2. The highest BCUT2D eigenvalue weighted by Gasteiger charge is 2.18. The third kappa shape index (κ3) is 3.23. The molecule has 0 saturated carbocycles. The van der Waals surface area contributed by atoms with Gasteiger partial charge in [0.2, 0.25) is 6.79 Å². The Labute approximate surface area is 169 Å². The predicted octanol–water partition coefficient (Wildman–Crippen LogP) is 3.22. The van der Waals surface area contributed by atoms with E-state index in [4.69, 9.17) is 9.47 Å². The summed E-state index contributed by atoms with van der Waals surface area (Å²) in [6, 6.07) is 13.0. The maximum absolute atomic E-state index is 12.3. The van der Waals surface area contributed by atoms with Crippen LogP contribution in [0.25, 0.3) is 22.3 Å². The lowest BCUT2D eigenvalue weighted by molar-refractivity contribution is 0.174. The summed E-state index contributed by atoms with van der Waals surface area (Å²) in [5.74, 6) is 3.29. The molecule has 1 aliphatic heterocycles. The average molecular weight is 407 g/mol. The molecule has 8 nitrogen and oxygen atoms in total. The highest BCUT2D eigenvalue weighted by molar-refractivity contribution is 7.98. The normalized spacial score (nSPS) is 12.6. The van der Waals surface area contributed by atoms with Crippen molar-refractivity contribution in [1.29, 1.82) is 0 Å². The van der Waals surface area contributed by atoms with Crippen LogP contribution in [-0.2, 0) is 12.3 Å². The summed E-state index contributed by atoms with van der Waals surface area (Å²) in [5.41, 5.74) is 1.46. The molecule has 0 amide bonds. The first-order chi connectivity index (χ1) is 14.2. The van der Waals surface area contributed by atoms with Gasteiger partial charge >= 0.3 is 0 Å². The first-order valence-corrected chi connectivity index (χ1v) is 10.2. The molecule has 1 N–H and O–H groups in total. The minimum absolute atomic E-state index is 0.135. The lowest BCUT2D eigenvalue weighted by atomic mass is 10.2. The minimum atomic E-state index is -0.135. The van der Waals surface area contributed by atoms with Crippen molar-refractivity contribution >= 4 is 22.7 Å². The summed E-state index contributed by atoms with van der Waals surface area (Å²) < 4.78 is 12.9. The van der Waals surface area contributed by atoms with E-state index < -0.39 is 0 Å². The highest BCUT2D eigenvalue weighted by Crippen LogP contribution is 2.36. The molecule has 0 bridgehead atoms. The van der Waals surface area contributed by atoms with Gasteiger partial charge in [-0.2, -0.15) is 0 Å². The van der Waals surface area contributed by atoms with Crippen molar-refractivity contribution in [2.75, 3.05) is 6.79 Å². The fourth-order valence-electron chi connectivity index (χ4n) is 3.27. The van der Waals surface area contributed by atoms with Crippen LogP contribution >= 0.6 is 11.8 Å². The zero-order valence-electron chi connectivity index (χ0n) is 15.6. The number of aromatic amines is 1. The van der Waals surface area contributed by atoms with E-state index in [9.17, 15) is 4.79 Å². The quantitative estimate of drug-likeness (QED) is 0.508. The molecule has 3 heterocycles. The first-order valence-electron chi connectivity index (χ1n) is 9.17. The maximum Gasteiger partial charge on any atom is 0.258 e. The van der Waals surface area contributed by atoms with E-state index in [1.165, 1.54) is 11.8 Å². The number of hydrogen-bond acceptors (Lipinski definition) is 7. The van der Waals surface area contributed by atoms with Crippen LogP contribution in [0, 0.1) is 0 Å². The second kappa shape index (κ2) is 7.25. The molecule has 29 heavy (non-hydrogen) atoms. The van der Waals surface area contributed by atoms with Gasteiger partial charge in [0.1, 0.15) is 5.82 Å². The number of fused-ring (bicyclic) bond motifs is 2. The molecule has 2 aromatic heterocycles. The summed E-state index contributed by atoms with van der Waals surface area (Å²) in [4.78, 5) is 19.7. The standard InChI is InChI=1S/C20H17N5O3S/c1-2-25-18(12-7-8-15-16(9-12)28-11-27-15)23-24-20(25)29-10-17-21-14-6-4-3-5-13(14)19(26)22-17/h3-9H,2,10-11H2,1H3,(H,21,22,26).